The minimum atomic E-state index is -3.99. The molecule has 0 aromatic heterocycles. The molecule has 0 fully saturated rings. The van der Waals surface area contributed by atoms with Crippen molar-refractivity contribution in [2.75, 3.05) is 26.1 Å². The number of anilines is 1. The van der Waals surface area contributed by atoms with Crippen LogP contribution in [-0.2, 0) is 19.6 Å². The Morgan fingerprint density at radius 2 is 1.63 bits per heavy atom. The van der Waals surface area contributed by atoms with Gasteiger partial charge in [-0.1, -0.05) is 0 Å². The number of hydrogen-bond acceptors (Lipinski definition) is 7. The lowest BCUT2D eigenvalue weighted by Gasteiger charge is -2.16. The quantitative estimate of drug-likeness (QED) is 0.578. The molecule has 0 aliphatic rings. The minimum Gasteiger partial charge on any atom is -0.493 e. The van der Waals surface area contributed by atoms with Gasteiger partial charge in [-0.2, -0.15) is 4.72 Å². The molecular weight excluding hydrogens is 412 g/mol. The largest absolute Gasteiger partial charge is 0.493 e. The molecule has 1 atom stereocenters. The summed E-state index contributed by atoms with van der Waals surface area (Å²) >= 11 is 0. The summed E-state index contributed by atoms with van der Waals surface area (Å²) in [6, 6.07) is 9.12. The Balaban J connectivity index is 2.06. The van der Waals surface area contributed by atoms with E-state index in [1.807, 2.05) is 0 Å². The van der Waals surface area contributed by atoms with E-state index < -0.39 is 27.9 Å². The molecule has 162 valence electrons. The fourth-order valence-corrected chi connectivity index (χ4v) is 3.71. The van der Waals surface area contributed by atoms with E-state index in [-0.39, 0.29) is 17.3 Å². The van der Waals surface area contributed by atoms with E-state index in [0.717, 1.165) is 0 Å². The van der Waals surface area contributed by atoms with Crippen molar-refractivity contribution >= 4 is 27.6 Å². The highest BCUT2D eigenvalue weighted by Crippen LogP contribution is 2.29. The maximum Gasteiger partial charge on any atom is 0.338 e. The van der Waals surface area contributed by atoms with Gasteiger partial charge in [-0.15, -0.1) is 0 Å². The molecule has 0 spiro atoms. The van der Waals surface area contributed by atoms with Crippen molar-refractivity contribution in [3.63, 3.8) is 0 Å². The minimum absolute atomic E-state index is 0.0708. The fourth-order valence-electron chi connectivity index (χ4n) is 2.49. The van der Waals surface area contributed by atoms with E-state index in [9.17, 15) is 18.0 Å². The zero-order chi connectivity index (χ0) is 22.3. The first-order valence-corrected chi connectivity index (χ1v) is 10.5. The van der Waals surface area contributed by atoms with E-state index in [4.69, 9.17) is 14.2 Å². The number of benzene rings is 2. The number of hydrogen-bond donors (Lipinski definition) is 2. The first kappa shape index (κ1) is 23.2. The number of methoxy groups -OCH3 is 2. The van der Waals surface area contributed by atoms with E-state index in [0.29, 0.717) is 17.0 Å². The van der Waals surface area contributed by atoms with Gasteiger partial charge in [0.05, 0.1) is 37.3 Å². The second-order valence-corrected chi connectivity index (χ2v) is 7.86. The topological polar surface area (TPSA) is 120 Å². The summed E-state index contributed by atoms with van der Waals surface area (Å²) in [5.41, 5.74) is 0.752. The van der Waals surface area contributed by atoms with Crippen molar-refractivity contribution in [3.05, 3.63) is 48.0 Å². The SMILES string of the molecule is CCOC(=O)c1ccc(NC(=O)[C@H](C)NS(=O)(=O)c2ccc(OC)c(OC)c2)cc1. The van der Waals surface area contributed by atoms with Crippen molar-refractivity contribution in [2.45, 2.75) is 24.8 Å². The highest BCUT2D eigenvalue weighted by Gasteiger charge is 2.23. The summed E-state index contributed by atoms with van der Waals surface area (Å²) in [5, 5.41) is 2.59. The third kappa shape index (κ3) is 5.71. The third-order valence-electron chi connectivity index (χ3n) is 4.05. The summed E-state index contributed by atoms with van der Waals surface area (Å²) in [7, 11) is -1.15. The van der Waals surface area contributed by atoms with Crippen molar-refractivity contribution in [1.82, 2.24) is 4.72 Å². The van der Waals surface area contributed by atoms with Crippen LogP contribution < -0.4 is 19.5 Å². The van der Waals surface area contributed by atoms with E-state index >= 15 is 0 Å². The molecule has 2 aromatic carbocycles. The van der Waals surface area contributed by atoms with Crippen LogP contribution in [0.4, 0.5) is 5.69 Å². The van der Waals surface area contributed by atoms with Crippen LogP contribution in [0.3, 0.4) is 0 Å². The molecule has 0 aliphatic carbocycles. The molecule has 2 N–H and O–H groups in total. The Bertz CT molecular complexity index is 1000. The molecular formula is C20H24N2O7S. The number of esters is 1. The summed E-state index contributed by atoms with van der Waals surface area (Å²) in [6.45, 7) is 3.38. The van der Waals surface area contributed by atoms with Gasteiger partial charge in [-0.05, 0) is 50.2 Å². The number of rotatable bonds is 9. The van der Waals surface area contributed by atoms with Crippen LogP contribution in [0.15, 0.2) is 47.4 Å². The van der Waals surface area contributed by atoms with E-state index in [1.165, 1.54) is 63.6 Å². The molecule has 30 heavy (non-hydrogen) atoms. The number of amides is 1. The van der Waals surface area contributed by atoms with Gasteiger partial charge >= 0.3 is 5.97 Å². The van der Waals surface area contributed by atoms with Crippen LogP contribution in [-0.4, -0.2) is 47.2 Å². The average Bonchev–Trinajstić information content (AvgIpc) is 2.73. The predicted octanol–water partition coefficient (Wildman–Crippen LogP) is 2.19. The van der Waals surface area contributed by atoms with Gasteiger partial charge in [-0.25, -0.2) is 13.2 Å². The lowest BCUT2D eigenvalue weighted by molar-refractivity contribution is -0.117. The van der Waals surface area contributed by atoms with Crippen LogP contribution >= 0.6 is 0 Å². The Morgan fingerprint density at radius 1 is 1.00 bits per heavy atom. The lowest BCUT2D eigenvalue weighted by Crippen LogP contribution is -2.41. The molecule has 1 amide bonds. The lowest BCUT2D eigenvalue weighted by atomic mass is 10.2. The first-order valence-electron chi connectivity index (χ1n) is 9.04. The van der Waals surface area contributed by atoms with Gasteiger partial charge in [0.25, 0.3) is 0 Å². The highest BCUT2D eigenvalue weighted by molar-refractivity contribution is 7.89. The predicted molar refractivity (Wildman–Crippen MR) is 110 cm³/mol. The zero-order valence-electron chi connectivity index (χ0n) is 17.1. The van der Waals surface area contributed by atoms with Crippen LogP contribution in [0.2, 0.25) is 0 Å². The number of sulfonamides is 1. The summed E-state index contributed by atoms with van der Waals surface area (Å²) in [5.74, 6) is -0.401. The zero-order valence-corrected chi connectivity index (χ0v) is 17.9. The Hall–Kier alpha value is -3.11. The molecule has 0 heterocycles. The van der Waals surface area contributed by atoms with Crippen LogP contribution in [0.5, 0.6) is 11.5 Å². The van der Waals surface area contributed by atoms with Gasteiger partial charge < -0.3 is 19.5 Å². The standard InChI is InChI=1S/C20H24N2O7S/c1-5-29-20(24)14-6-8-15(9-7-14)21-19(23)13(2)22-30(25,26)16-10-11-17(27-3)18(12-16)28-4/h6-13,22H,5H2,1-4H3,(H,21,23)/t13-/m0/s1. The molecule has 2 aromatic rings. The molecule has 0 radical (unpaired) electrons. The normalized spacial score (nSPS) is 12.0. The number of ether oxygens (including phenoxy) is 3. The maximum atomic E-state index is 12.6. The maximum absolute atomic E-state index is 12.6. The first-order chi connectivity index (χ1) is 14.2. The molecule has 2 rings (SSSR count). The number of carbonyl (C=O) groups is 2. The summed E-state index contributed by atoms with van der Waals surface area (Å²) in [4.78, 5) is 24.0. The fraction of sp³-hybridized carbons (Fsp3) is 0.300. The molecule has 0 bridgehead atoms. The summed E-state index contributed by atoms with van der Waals surface area (Å²) < 4.78 is 42.6. The van der Waals surface area contributed by atoms with Crippen LogP contribution in [0.25, 0.3) is 0 Å². The van der Waals surface area contributed by atoms with Gasteiger partial charge in [-0.3, -0.25) is 4.79 Å². The Morgan fingerprint density at radius 3 is 2.20 bits per heavy atom. The number of nitrogens with one attached hydrogen (secondary N) is 2. The van der Waals surface area contributed by atoms with Crippen LogP contribution in [0, 0.1) is 0 Å². The van der Waals surface area contributed by atoms with Crippen molar-refractivity contribution in [1.29, 1.82) is 0 Å². The monoisotopic (exact) mass is 436 g/mol. The molecule has 0 saturated carbocycles. The van der Waals surface area contributed by atoms with E-state index in [2.05, 4.69) is 10.0 Å². The second kappa shape index (κ2) is 10.1. The van der Waals surface area contributed by atoms with Crippen molar-refractivity contribution < 1.29 is 32.2 Å². The molecule has 0 saturated heterocycles. The smallest absolute Gasteiger partial charge is 0.338 e. The molecule has 0 unspecified atom stereocenters. The molecule has 9 nitrogen and oxygen atoms in total. The Kier molecular flexibility index (Phi) is 7.79. The van der Waals surface area contributed by atoms with Gasteiger partial charge in [0, 0.05) is 11.8 Å². The number of carbonyl (C=O) groups excluding carboxylic acids is 2. The molecule has 0 aliphatic heterocycles. The molecule has 10 heteroatoms. The second-order valence-electron chi connectivity index (χ2n) is 6.15. The van der Waals surface area contributed by atoms with Crippen LogP contribution in [0.1, 0.15) is 24.2 Å². The van der Waals surface area contributed by atoms with E-state index in [1.54, 1.807) is 6.92 Å². The van der Waals surface area contributed by atoms with Gasteiger partial charge in [0.2, 0.25) is 15.9 Å². The highest BCUT2D eigenvalue weighted by atomic mass is 32.2. The van der Waals surface area contributed by atoms with Gasteiger partial charge in [0.15, 0.2) is 11.5 Å². The van der Waals surface area contributed by atoms with Crippen molar-refractivity contribution in [3.8, 4) is 11.5 Å². The van der Waals surface area contributed by atoms with Crippen molar-refractivity contribution in [2.24, 2.45) is 0 Å². The Labute approximate surface area is 175 Å². The average molecular weight is 436 g/mol. The van der Waals surface area contributed by atoms with Gasteiger partial charge in [0.1, 0.15) is 0 Å². The summed E-state index contributed by atoms with van der Waals surface area (Å²) in [6.07, 6.45) is 0. The third-order valence-corrected chi connectivity index (χ3v) is 5.59.